The number of halogens is 1. The van der Waals surface area contributed by atoms with Crippen molar-refractivity contribution in [3.05, 3.63) is 28.2 Å². The zero-order chi connectivity index (χ0) is 15.0. The first-order chi connectivity index (χ1) is 9.58. The minimum Gasteiger partial charge on any atom is -0.373 e. The van der Waals surface area contributed by atoms with Gasteiger partial charge < -0.3 is 10.6 Å². The zero-order valence-electron chi connectivity index (χ0n) is 11.9. The highest BCUT2D eigenvalue weighted by Crippen LogP contribution is 2.24. The molecule has 20 heavy (non-hydrogen) atoms. The Kier molecular flexibility index (Phi) is 7.10. The van der Waals surface area contributed by atoms with Gasteiger partial charge in [-0.15, -0.1) is 0 Å². The Bertz CT molecular complexity index is 496. The highest BCUT2D eigenvalue weighted by atomic mass is 79.9. The number of anilines is 1. The van der Waals surface area contributed by atoms with Crippen LogP contribution in [-0.2, 0) is 4.79 Å². The summed E-state index contributed by atoms with van der Waals surface area (Å²) >= 11 is 3.39. The molecule has 4 nitrogen and oxygen atoms in total. The molecule has 2 N–H and O–H groups in total. The van der Waals surface area contributed by atoms with Crippen LogP contribution in [0.5, 0.6) is 0 Å². The molecule has 1 rings (SSSR count). The first-order valence-corrected chi connectivity index (χ1v) is 7.61. The maximum absolute atomic E-state index is 11.9. The van der Waals surface area contributed by atoms with Gasteiger partial charge in [0, 0.05) is 16.7 Å². The van der Waals surface area contributed by atoms with E-state index in [-0.39, 0.29) is 11.9 Å². The Morgan fingerprint density at radius 1 is 1.45 bits per heavy atom. The molecule has 1 unspecified atom stereocenters. The number of rotatable bonds is 7. The zero-order valence-corrected chi connectivity index (χ0v) is 13.5. The van der Waals surface area contributed by atoms with E-state index < -0.39 is 0 Å². The fourth-order valence-corrected chi connectivity index (χ4v) is 2.23. The summed E-state index contributed by atoms with van der Waals surface area (Å²) in [4.78, 5) is 11.9. The van der Waals surface area contributed by atoms with Crippen LogP contribution in [0, 0.1) is 11.3 Å². The van der Waals surface area contributed by atoms with Crippen LogP contribution in [0.2, 0.25) is 0 Å². The van der Waals surface area contributed by atoms with Gasteiger partial charge in [-0.3, -0.25) is 4.79 Å². The first kappa shape index (κ1) is 16.5. The largest absolute Gasteiger partial charge is 0.373 e. The smallest absolute Gasteiger partial charge is 0.242 e. The fourth-order valence-electron chi connectivity index (χ4n) is 1.74. The van der Waals surface area contributed by atoms with Crippen molar-refractivity contribution in [3.63, 3.8) is 0 Å². The molecule has 1 aromatic carbocycles. The monoisotopic (exact) mass is 337 g/mol. The van der Waals surface area contributed by atoms with Crippen molar-refractivity contribution in [2.75, 3.05) is 11.9 Å². The molecule has 0 bridgehead atoms. The topological polar surface area (TPSA) is 64.9 Å². The average Bonchev–Trinajstić information content (AvgIpc) is 2.45. The molecule has 0 spiro atoms. The van der Waals surface area contributed by atoms with E-state index >= 15 is 0 Å². The minimum atomic E-state index is -0.319. The number of hydrogen-bond donors (Lipinski definition) is 2. The van der Waals surface area contributed by atoms with E-state index in [1.54, 1.807) is 18.2 Å². The Balaban J connectivity index is 2.51. The van der Waals surface area contributed by atoms with Crippen LogP contribution >= 0.6 is 15.9 Å². The lowest BCUT2D eigenvalue weighted by Crippen LogP contribution is -2.38. The Morgan fingerprint density at radius 2 is 2.20 bits per heavy atom. The summed E-state index contributed by atoms with van der Waals surface area (Å²) in [6.07, 6.45) is 3.28. The number of unbranched alkanes of at least 4 members (excludes halogenated alkanes) is 2. The highest BCUT2D eigenvalue weighted by Gasteiger charge is 2.13. The number of nitriles is 1. The van der Waals surface area contributed by atoms with Gasteiger partial charge in [-0.1, -0.05) is 19.8 Å². The number of amides is 1. The summed E-state index contributed by atoms with van der Waals surface area (Å²) < 4.78 is 0.780. The molecule has 0 saturated heterocycles. The van der Waals surface area contributed by atoms with Gasteiger partial charge in [0.25, 0.3) is 0 Å². The van der Waals surface area contributed by atoms with Crippen LogP contribution in [0.25, 0.3) is 0 Å². The molecule has 1 aromatic rings. The Labute approximate surface area is 128 Å². The summed E-state index contributed by atoms with van der Waals surface area (Å²) in [5, 5.41) is 14.9. The van der Waals surface area contributed by atoms with Crippen molar-refractivity contribution in [2.24, 2.45) is 0 Å². The van der Waals surface area contributed by atoms with Crippen LogP contribution in [0.1, 0.15) is 38.7 Å². The summed E-state index contributed by atoms with van der Waals surface area (Å²) in [5.74, 6) is -0.0163. The molecule has 1 amide bonds. The lowest BCUT2D eigenvalue weighted by molar-refractivity contribution is -0.121. The molecule has 0 fully saturated rings. The second-order valence-corrected chi connectivity index (χ2v) is 5.52. The normalized spacial score (nSPS) is 11.5. The van der Waals surface area contributed by atoms with E-state index in [1.165, 1.54) is 0 Å². The van der Waals surface area contributed by atoms with Crippen molar-refractivity contribution >= 4 is 27.5 Å². The predicted octanol–water partition coefficient (Wildman–Crippen LogP) is 3.43. The minimum absolute atomic E-state index is 0.0163. The number of hydrogen-bond acceptors (Lipinski definition) is 3. The van der Waals surface area contributed by atoms with Crippen LogP contribution in [0.4, 0.5) is 5.69 Å². The summed E-state index contributed by atoms with van der Waals surface area (Å²) in [5.41, 5.74) is 1.39. The van der Waals surface area contributed by atoms with Gasteiger partial charge in [0.05, 0.1) is 11.6 Å². The average molecular weight is 338 g/mol. The molecular formula is C15H20BrN3O. The van der Waals surface area contributed by atoms with E-state index in [0.29, 0.717) is 12.1 Å². The first-order valence-electron chi connectivity index (χ1n) is 6.82. The maximum Gasteiger partial charge on any atom is 0.242 e. The summed E-state index contributed by atoms with van der Waals surface area (Å²) in [6.45, 7) is 4.67. The molecule has 0 aliphatic rings. The van der Waals surface area contributed by atoms with Crippen molar-refractivity contribution in [2.45, 2.75) is 39.2 Å². The van der Waals surface area contributed by atoms with E-state index in [9.17, 15) is 4.79 Å². The third-order valence-electron chi connectivity index (χ3n) is 2.94. The molecule has 0 heterocycles. The van der Waals surface area contributed by atoms with Gasteiger partial charge in [-0.25, -0.2) is 0 Å². The van der Waals surface area contributed by atoms with Crippen LogP contribution < -0.4 is 10.6 Å². The molecule has 0 radical (unpaired) electrons. The standard InChI is InChI=1S/C15H20BrN3O/c1-3-4-5-8-18-15(20)11(2)19-14-7-6-12(10-17)9-13(14)16/h6-7,9,11,19H,3-5,8H2,1-2H3,(H,18,20). The number of carbonyl (C=O) groups is 1. The van der Waals surface area contributed by atoms with Crippen LogP contribution in [0.3, 0.4) is 0 Å². The van der Waals surface area contributed by atoms with Gasteiger partial charge in [0.1, 0.15) is 6.04 Å². The van der Waals surface area contributed by atoms with Crippen molar-refractivity contribution < 1.29 is 4.79 Å². The Hall–Kier alpha value is -1.54. The predicted molar refractivity (Wildman–Crippen MR) is 84.5 cm³/mol. The lowest BCUT2D eigenvalue weighted by atomic mass is 10.2. The molecule has 5 heteroatoms. The second-order valence-electron chi connectivity index (χ2n) is 4.67. The number of benzene rings is 1. The van der Waals surface area contributed by atoms with E-state index in [0.717, 1.165) is 29.4 Å². The number of carbonyl (C=O) groups excluding carboxylic acids is 1. The summed E-state index contributed by atoms with van der Waals surface area (Å²) in [7, 11) is 0. The van der Waals surface area contributed by atoms with Gasteiger partial charge in [0.2, 0.25) is 5.91 Å². The highest BCUT2D eigenvalue weighted by molar-refractivity contribution is 9.10. The summed E-state index contributed by atoms with van der Waals surface area (Å²) in [6, 6.07) is 7.00. The van der Waals surface area contributed by atoms with Crippen molar-refractivity contribution in [1.29, 1.82) is 5.26 Å². The maximum atomic E-state index is 11.9. The fraction of sp³-hybridized carbons (Fsp3) is 0.467. The van der Waals surface area contributed by atoms with Crippen molar-refractivity contribution in [1.82, 2.24) is 5.32 Å². The van der Waals surface area contributed by atoms with Crippen LogP contribution in [0.15, 0.2) is 22.7 Å². The molecule has 0 saturated carbocycles. The van der Waals surface area contributed by atoms with Crippen molar-refractivity contribution in [3.8, 4) is 6.07 Å². The van der Waals surface area contributed by atoms with E-state index in [1.807, 2.05) is 6.92 Å². The molecule has 0 aliphatic carbocycles. The quantitative estimate of drug-likeness (QED) is 0.749. The van der Waals surface area contributed by atoms with Gasteiger partial charge in [0.15, 0.2) is 0 Å². The van der Waals surface area contributed by atoms with Gasteiger partial charge >= 0.3 is 0 Å². The SMILES string of the molecule is CCCCCNC(=O)C(C)Nc1ccc(C#N)cc1Br. The molecular weight excluding hydrogens is 318 g/mol. The molecule has 108 valence electrons. The lowest BCUT2D eigenvalue weighted by Gasteiger charge is -2.16. The third kappa shape index (κ3) is 5.22. The van der Waals surface area contributed by atoms with Crippen LogP contribution in [-0.4, -0.2) is 18.5 Å². The molecule has 0 aliphatic heterocycles. The van der Waals surface area contributed by atoms with E-state index in [2.05, 4.69) is 39.6 Å². The number of nitrogens with one attached hydrogen (secondary N) is 2. The molecule has 1 atom stereocenters. The van der Waals surface area contributed by atoms with E-state index in [4.69, 9.17) is 5.26 Å². The Morgan fingerprint density at radius 3 is 2.80 bits per heavy atom. The molecule has 0 aromatic heterocycles. The van der Waals surface area contributed by atoms with Gasteiger partial charge in [-0.05, 0) is 47.5 Å². The number of nitrogens with zero attached hydrogens (tertiary/aromatic N) is 1. The van der Waals surface area contributed by atoms with Gasteiger partial charge in [-0.2, -0.15) is 5.26 Å². The third-order valence-corrected chi connectivity index (χ3v) is 3.60. The second kappa shape index (κ2) is 8.60.